The SMILES string of the molecule is CC1(C)CCCC(C)(C)N1C(=O)C1CCCCC1. The Morgan fingerprint density at radius 3 is 1.89 bits per heavy atom. The minimum absolute atomic E-state index is 0.0380. The monoisotopic (exact) mass is 251 g/mol. The lowest BCUT2D eigenvalue weighted by Gasteiger charge is -2.54. The molecule has 0 aromatic rings. The molecular formula is C16H29NO. The number of likely N-dealkylation sites (tertiary alicyclic amines) is 1. The number of rotatable bonds is 1. The zero-order valence-electron chi connectivity index (χ0n) is 12.6. The minimum atomic E-state index is 0.0380. The van der Waals surface area contributed by atoms with Gasteiger partial charge in [-0.15, -0.1) is 0 Å². The van der Waals surface area contributed by atoms with Gasteiger partial charge < -0.3 is 4.90 Å². The first-order chi connectivity index (χ1) is 8.34. The summed E-state index contributed by atoms with van der Waals surface area (Å²) >= 11 is 0. The van der Waals surface area contributed by atoms with Gasteiger partial charge in [0.05, 0.1) is 0 Å². The number of carbonyl (C=O) groups is 1. The van der Waals surface area contributed by atoms with Crippen LogP contribution in [0.15, 0.2) is 0 Å². The lowest BCUT2D eigenvalue weighted by molar-refractivity contribution is -0.154. The second-order valence-corrected chi connectivity index (χ2v) is 7.49. The standard InChI is InChI=1S/C16H29NO/c1-15(2)11-8-12-16(3,4)17(15)14(18)13-9-6-5-7-10-13/h13H,5-12H2,1-4H3. The number of hydrogen-bond acceptors (Lipinski definition) is 1. The molecule has 2 rings (SSSR count). The van der Waals surface area contributed by atoms with E-state index < -0.39 is 0 Å². The van der Waals surface area contributed by atoms with Gasteiger partial charge in [0.15, 0.2) is 0 Å². The summed E-state index contributed by atoms with van der Waals surface area (Å²) in [6.07, 6.45) is 9.56. The highest BCUT2D eigenvalue weighted by atomic mass is 16.2. The molecule has 2 aliphatic rings. The summed E-state index contributed by atoms with van der Waals surface area (Å²) in [6.45, 7) is 8.98. The third kappa shape index (κ3) is 2.57. The van der Waals surface area contributed by atoms with E-state index in [1.54, 1.807) is 0 Å². The van der Waals surface area contributed by atoms with E-state index in [1.807, 2.05) is 0 Å². The van der Waals surface area contributed by atoms with E-state index >= 15 is 0 Å². The molecule has 0 bridgehead atoms. The first-order valence-corrected chi connectivity index (χ1v) is 7.69. The van der Waals surface area contributed by atoms with Crippen molar-refractivity contribution in [3.63, 3.8) is 0 Å². The van der Waals surface area contributed by atoms with E-state index in [0.29, 0.717) is 11.8 Å². The van der Waals surface area contributed by atoms with Crippen LogP contribution in [0.1, 0.15) is 79.1 Å². The molecule has 0 N–H and O–H groups in total. The topological polar surface area (TPSA) is 20.3 Å². The predicted octanol–water partition coefficient (Wildman–Crippen LogP) is 4.14. The van der Waals surface area contributed by atoms with Crippen LogP contribution in [0.3, 0.4) is 0 Å². The van der Waals surface area contributed by atoms with Crippen molar-refractivity contribution < 1.29 is 4.79 Å². The van der Waals surface area contributed by atoms with Gasteiger partial charge in [0.25, 0.3) is 0 Å². The third-order valence-electron chi connectivity index (χ3n) is 4.96. The summed E-state index contributed by atoms with van der Waals surface area (Å²) in [6, 6.07) is 0. The zero-order valence-corrected chi connectivity index (χ0v) is 12.6. The number of piperidine rings is 1. The van der Waals surface area contributed by atoms with E-state index in [2.05, 4.69) is 32.6 Å². The molecule has 0 unspecified atom stereocenters. The Kier molecular flexibility index (Phi) is 3.75. The number of nitrogens with zero attached hydrogens (tertiary/aromatic N) is 1. The van der Waals surface area contributed by atoms with E-state index in [0.717, 1.165) is 25.7 Å². The molecule has 0 aromatic heterocycles. The molecule has 104 valence electrons. The summed E-state index contributed by atoms with van der Waals surface area (Å²) in [4.78, 5) is 15.1. The fraction of sp³-hybridized carbons (Fsp3) is 0.938. The molecule has 1 heterocycles. The molecular weight excluding hydrogens is 222 g/mol. The molecule has 2 fully saturated rings. The predicted molar refractivity (Wildman–Crippen MR) is 75.4 cm³/mol. The maximum absolute atomic E-state index is 12.9. The van der Waals surface area contributed by atoms with Crippen molar-refractivity contribution in [1.82, 2.24) is 4.90 Å². The molecule has 0 atom stereocenters. The Bertz CT molecular complexity index is 297. The quantitative estimate of drug-likeness (QED) is 0.686. The lowest BCUT2D eigenvalue weighted by Crippen LogP contribution is -2.62. The zero-order chi connectivity index (χ0) is 13.4. The van der Waals surface area contributed by atoms with Crippen molar-refractivity contribution in [3.05, 3.63) is 0 Å². The van der Waals surface area contributed by atoms with Gasteiger partial charge in [-0.25, -0.2) is 0 Å². The fourth-order valence-corrected chi connectivity index (χ4v) is 4.13. The molecule has 1 amide bonds. The first-order valence-electron chi connectivity index (χ1n) is 7.69. The summed E-state index contributed by atoms with van der Waals surface area (Å²) in [7, 11) is 0. The summed E-state index contributed by atoms with van der Waals surface area (Å²) in [5, 5.41) is 0. The second kappa shape index (κ2) is 4.86. The van der Waals surface area contributed by atoms with Crippen molar-refractivity contribution in [2.45, 2.75) is 90.1 Å². The van der Waals surface area contributed by atoms with Crippen LogP contribution in [-0.4, -0.2) is 21.9 Å². The molecule has 0 radical (unpaired) electrons. The average Bonchev–Trinajstić information content (AvgIpc) is 2.27. The maximum atomic E-state index is 12.9. The molecule has 1 aliphatic heterocycles. The molecule has 2 heteroatoms. The van der Waals surface area contributed by atoms with Crippen LogP contribution in [0.5, 0.6) is 0 Å². The Hall–Kier alpha value is -0.530. The van der Waals surface area contributed by atoms with Gasteiger partial charge in [-0.3, -0.25) is 4.79 Å². The smallest absolute Gasteiger partial charge is 0.226 e. The average molecular weight is 251 g/mol. The summed E-state index contributed by atoms with van der Waals surface area (Å²) < 4.78 is 0. The number of amides is 1. The van der Waals surface area contributed by atoms with E-state index in [4.69, 9.17) is 0 Å². The number of hydrogen-bond donors (Lipinski definition) is 0. The van der Waals surface area contributed by atoms with E-state index in [9.17, 15) is 4.79 Å². The Labute approximate surface area is 112 Å². The Morgan fingerprint density at radius 1 is 0.889 bits per heavy atom. The highest BCUT2D eigenvalue weighted by Crippen LogP contribution is 2.40. The first kappa shape index (κ1) is 13.9. The van der Waals surface area contributed by atoms with Crippen LogP contribution in [0.4, 0.5) is 0 Å². The van der Waals surface area contributed by atoms with Gasteiger partial charge in [0.1, 0.15) is 0 Å². The van der Waals surface area contributed by atoms with Gasteiger partial charge in [-0.2, -0.15) is 0 Å². The molecule has 1 saturated heterocycles. The van der Waals surface area contributed by atoms with Crippen LogP contribution >= 0.6 is 0 Å². The van der Waals surface area contributed by atoms with Crippen LogP contribution in [0.2, 0.25) is 0 Å². The number of carbonyl (C=O) groups excluding carboxylic acids is 1. The van der Waals surface area contributed by atoms with Crippen LogP contribution in [0.25, 0.3) is 0 Å². The molecule has 2 nitrogen and oxygen atoms in total. The summed E-state index contributed by atoms with van der Waals surface area (Å²) in [5.74, 6) is 0.736. The van der Waals surface area contributed by atoms with Crippen LogP contribution < -0.4 is 0 Å². The summed E-state index contributed by atoms with van der Waals surface area (Å²) in [5.41, 5.74) is 0.0760. The molecule has 1 aliphatic carbocycles. The van der Waals surface area contributed by atoms with Gasteiger partial charge in [0.2, 0.25) is 5.91 Å². The van der Waals surface area contributed by atoms with Gasteiger partial charge >= 0.3 is 0 Å². The van der Waals surface area contributed by atoms with Crippen molar-refractivity contribution in [1.29, 1.82) is 0 Å². The fourth-order valence-electron chi connectivity index (χ4n) is 4.13. The van der Waals surface area contributed by atoms with Crippen molar-refractivity contribution >= 4 is 5.91 Å². The Balaban J connectivity index is 2.19. The highest BCUT2D eigenvalue weighted by molar-refractivity contribution is 5.80. The second-order valence-electron chi connectivity index (χ2n) is 7.49. The van der Waals surface area contributed by atoms with Gasteiger partial charge in [-0.05, 0) is 59.8 Å². The molecule has 0 spiro atoms. The molecule has 18 heavy (non-hydrogen) atoms. The van der Waals surface area contributed by atoms with Gasteiger partial charge in [-0.1, -0.05) is 19.3 Å². The largest absolute Gasteiger partial charge is 0.332 e. The van der Waals surface area contributed by atoms with E-state index in [1.165, 1.54) is 25.7 Å². The highest BCUT2D eigenvalue weighted by Gasteiger charge is 2.45. The van der Waals surface area contributed by atoms with Crippen molar-refractivity contribution in [3.8, 4) is 0 Å². The third-order valence-corrected chi connectivity index (χ3v) is 4.96. The van der Waals surface area contributed by atoms with Crippen molar-refractivity contribution in [2.75, 3.05) is 0 Å². The normalized spacial score (nSPS) is 28.1. The minimum Gasteiger partial charge on any atom is -0.332 e. The van der Waals surface area contributed by atoms with Crippen LogP contribution in [-0.2, 0) is 4.79 Å². The van der Waals surface area contributed by atoms with Crippen LogP contribution in [0, 0.1) is 5.92 Å². The lowest BCUT2D eigenvalue weighted by atomic mass is 9.77. The van der Waals surface area contributed by atoms with E-state index in [-0.39, 0.29) is 11.1 Å². The maximum Gasteiger partial charge on any atom is 0.226 e. The molecule has 0 aromatic carbocycles. The molecule has 1 saturated carbocycles. The Morgan fingerprint density at radius 2 is 1.39 bits per heavy atom. The van der Waals surface area contributed by atoms with Crippen molar-refractivity contribution in [2.24, 2.45) is 5.92 Å². The van der Waals surface area contributed by atoms with Gasteiger partial charge in [0, 0.05) is 17.0 Å².